The van der Waals surface area contributed by atoms with Gasteiger partial charge >= 0.3 is 0 Å². The van der Waals surface area contributed by atoms with Crippen LogP contribution in [0, 0.1) is 0 Å². The van der Waals surface area contributed by atoms with Crippen LogP contribution in [-0.4, -0.2) is 27.9 Å². The van der Waals surface area contributed by atoms with Crippen molar-refractivity contribution in [2.75, 3.05) is 27.9 Å². The Labute approximate surface area is 163 Å². The minimum absolute atomic E-state index is 0.165. The molecule has 9 heteroatoms. The van der Waals surface area contributed by atoms with E-state index in [1.54, 1.807) is 37.3 Å². The van der Waals surface area contributed by atoms with Gasteiger partial charge in [0.15, 0.2) is 23.0 Å². The van der Waals surface area contributed by atoms with E-state index in [4.69, 9.17) is 18.9 Å². The van der Waals surface area contributed by atoms with Crippen molar-refractivity contribution in [3.05, 3.63) is 41.5 Å². The highest BCUT2D eigenvalue weighted by atomic mass is 31.2. The second-order valence-electron chi connectivity index (χ2n) is 5.47. The number of methoxy groups -OCH3 is 3. The van der Waals surface area contributed by atoms with Crippen LogP contribution in [0.2, 0.25) is 0 Å². The summed E-state index contributed by atoms with van der Waals surface area (Å²) in [6, 6.07) is 8.15. The first-order chi connectivity index (χ1) is 13.3. The van der Waals surface area contributed by atoms with Crippen LogP contribution in [0.3, 0.4) is 0 Å². The molecule has 0 fully saturated rings. The maximum absolute atomic E-state index is 11.0. The number of phosphoric ester groups is 1. The van der Waals surface area contributed by atoms with Crippen molar-refractivity contribution in [2.45, 2.75) is 6.92 Å². The van der Waals surface area contributed by atoms with E-state index in [1.807, 2.05) is 0 Å². The minimum atomic E-state index is -5.22. The summed E-state index contributed by atoms with van der Waals surface area (Å²) in [5.41, 5.74) is 1.35. The monoisotopic (exact) mass is 408 g/mol. The highest BCUT2D eigenvalue weighted by Gasteiger charge is 2.12. The summed E-state index contributed by atoms with van der Waals surface area (Å²) < 4.78 is 36.7. The van der Waals surface area contributed by atoms with Gasteiger partial charge in [0.25, 0.3) is 0 Å². The van der Waals surface area contributed by atoms with E-state index in [0.717, 1.165) is 5.56 Å². The van der Waals surface area contributed by atoms with Gasteiger partial charge in [-0.3, -0.25) is 0 Å². The first kappa shape index (κ1) is 21.6. The van der Waals surface area contributed by atoms with Gasteiger partial charge in [-0.15, -0.1) is 0 Å². The number of hydrogen-bond donors (Lipinski definition) is 0. The minimum Gasteiger partial charge on any atom is -0.780 e. The number of ether oxygens (including phenoxy) is 4. The highest BCUT2D eigenvalue weighted by molar-refractivity contribution is 7.43. The van der Waals surface area contributed by atoms with E-state index in [1.165, 1.54) is 33.5 Å². The van der Waals surface area contributed by atoms with Gasteiger partial charge in [-0.2, -0.15) is 0 Å². The zero-order valence-electron chi connectivity index (χ0n) is 16.0. The summed E-state index contributed by atoms with van der Waals surface area (Å²) in [7, 11) is -0.663. The smallest absolute Gasteiger partial charge is 0.203 e. The van der Waals surface area contributed by atoms with Crippen molar-refractivity contribution in [3.8, 4) is 28.7 Å². The summed E-state index contributed by atoms with van der Waals surface area (Å²) in [6.07, 6.45) is 3.47. The zero-order valence-corrected chi connectivity index (χ0v) is 16.9. The Hall–Kier alpha value is -2.67. The molecule has 0 saturated heterocycles. The molecule has 0 N–H and O–H groups in total. The average Bonchev–Trinajstić information content (AvgIpc) is 2.66. The van der Waals surface area contributed by atoms with Crippen molar-refractivity contribution in [3.63, 3.8) is 0 Å². The lowest BCUT2D eigenvalue weighted by Gasteiger charge is -2.29. The van der Waals surface area contributed by atoms with Crippen LogP contribution in [0.1, 0.15) is 18.1 Å². The maximum Gasteiger partial charge on any atom is 0.203 e. The summed E-state index contributed by atoms with van der Waals surface area (Å²) in [4.78, 5) is 22.0. The highest BCUT2D eigenvalue weighted by Crippen LogP contribution is 2.39. The number of benzene rings is 2. The Bertz CT molecular complexity index is 862. The van der Waals surface area contributed by atoms with Crippen molar-refractivity contribution in [1.29, 1.82) is 0 Å². The number of rotatable bonds is 9. The van der Waals surface area contributed by atoms with Gasteiger partial charge < -0.3 is 37.8 Å². The molecule has 0 atom stereocenters. The molecule has 0 saturated carbocycles. The molecule has 8 nitrogen and oxygen atoms in total. The van der Waals surface area contributed by atoms with Gasteiger partial charge in [0, 0.05) is 0 Å². The molecule has 2 aromatic carbocycles. The predicted molar refractivity (Wildman–Crippen MR) is 101 cm³/mol. The Morgan fingerprint density at radius 1 is 0.857 bits per heavy atom. The number of phosphoric acid groups is 1. The SMILES string of the molecule is CCOc1ccc(/C=C\c2cc(OC)c(OC)c(OC)c2)cc1OP(=O)([O-])[O-]. The Kier molecular flexibility index (Phi) is 7.34. The van der Waals surface area contributed by atoms with Crippen LogP contribution in [0.25, 0.3) is 12.2 Å². The summed E-state index contributed by atoms with van der Waals surface area (Å²) >= 11 is 0. The van der Waals surface area contributed by atoms with Crippen LogP contribution < -0.4 is 33.3 Å². The van der Waals surface area contributed by atoms with E-state index < -0.39 is 7.82 Å². The van der Waals surface area contributed by atoms with Crippen LogP contribution in [-0.2, 0) is 4.57 Å². The molecule has 0 radical (unpaired) electrons. The van der Waals surface area contributed by atoms with Crippen molar-refractivity contribution < 1.29 is 37.8 Å². The topological polar surface area (TPSA) is 109 Å². The fourth-order valence-corrected chi connectivity index (χ4v) is 2.87. The standard InChI is InChI=1S/C19H23O8P/c1-5-26-15-9-8-13(10-16(15)27-28(20,21)22)6-7-14-11-17(23-2)19(25-4)18(12-14)24-3/h6-12H,5H2,1-4H3,(H2,20,21,22)/p-2/b7-6-. The van der Waals surface area contributed by atoms with E-state index in [-0.39, 0.29) is 11.5 Å². The third-order valence-electron chi connectivity index (χ3n) is 3.63. The lowest BCUT2D eigenvalue weighted by Crippen LogP contribution is -2.19. The van der Waals surface area contributed by atoms with Crippen molar-refractivity contribution >= 4 is 20.0 Å². The molecular weight excluding hydrogens is 387 g/mol. The molecule has 0 heterocycles. The quantitative estimate of drug-likeness (QED) is 0.460. The van der Waals surface area contributed by atoms with Gasteiger partial charge in [0.1, 0.15) is 7.82 Å². The predicted octanol–water partition coefficient (Wildman–Crippen LogP) is 2.49. The van der Waals surface area contributed by atoms with Crippen LogP contribution in [0.5, 0.6) is 28.7 Å². The summed E-state index contributed by atoms with van der Waals surface area (Å²) in [5, 5.41) is 0. The molecule has 0 unspecified atom stereocenters. The molecule has 0 aliphatic carbocycles. The van der Waals surface area contributed by atoms with E-state index in [9.17, 15) is 14.4 Å². The lowest BCUT2D eigenvalue weighted by atomic mass is 10.1. The van der Waals surface area contributed by atoms with Gasteiger partial charge in [0.2, 0.25) is 5.75 Å². The second-order valence-corrected chi connectivity index (χ2v) is 6.55. The van der Waals surface area contributed by atoms with Gasteiger partial charge in [-0.25, -0.2) is 0 Å². The molecule has 152 valence electrons. The first-order valence-electron chi connectivity index (χ1n) is 8.27. The molecule has 0 aliphatic heterocycles. The van der Waals surface area contributed by atoms with E-state index in [2.05, 4.69) is 4.52 Å². The third-order valence-corrected chi connectivity index (χ3v) is 4.05. The molecular formula is C19H21O8P-2. The maximum atomic E-state index is 11.0. The molecule has 0 amide bonds. The molecule has 28 heavy (non-hydrogen) atoms. The van der Waals surface area contributed by atoms with Crippen molar-refractivity contribution in [2.24, 2.45) is 0 Å². The Balaban J connectivity index is 2.38. The average molecular weight is 408 g/mol. The Morgan fingerprint density at radius 2 is 1.43 bits per heavy atom. The fourth-order valence-electron chi connectivity index (χ4n) is 2.48. The van der Waals surface area contributed by atoms with Crippen LogP contribution >= 0.6 is 7.82 Å². The normalized spacial score (nSPS) is 11.4. The second kappa shape index (κ2) is 9.50. The zero-order chi connectivity index (χ0) is 20.7. The molecule has 0 aromatic heterocycles. The van der Waals surface area contributed by atoms with Gasteiger partial charge in [-0.05, 0) is 42.3 Å². The summed E-state index contributed by atoms with van der Waals surface area (Å²) in [5.74, 6) is 1.47. The molecule has 0 spiro atoms. The van der Waals surface area contributed by atoms with Crippen molar-refractivity contribution in [1.82, 2.24) is 0 Å². The van der Waals surface area contributed by atoms with E-state index >= 15 is 0 Å². The number of hydrogen-bond acceptors (Lipinski definition) is 8. The molecule has 0 bridgehead atoms. The third kappa shape index (κ3) is 5.66. The van der Waals surface area contributed by atoms with E-state index in [0.29, 0.717) is 29.4 Å². The molecule has 2 rings (SSSR count). The Morgan fingerprint density at radius 3 is 1.93 bits per heavy atom. The first-order valence-corrected chi connectivity index (χ1v) is 9.74. The van der Waals surface area contributed by atoms with Gasteiger partial charge in [-0.1, -0.05) is 18.2 Å². The molecule has 0 aliphatic rings. The largest absolute Gasteiger partial charge is 0.780 e. The lowest BCUT2D eigenvalue weighted by molar-refractivity contribution is -0.333. The van der Waals surface area contributed by atoms with Gasteiger partial charge in [0.05, 0.1) is 27.9 Å². The molecule has 2 aromatic rings. The fraction of sp³-hybridized carbons (Fsp3) is 0.263. The van der Waals surface area contributed by atoms with Crippen LogP contribution in [0.4, 0.5) is 0 Å². The summed E-state index contributed by atoms with van der Waals surface area (Å²) in [6.45, 7) is 2.02. The van der Waals surface area contributed by atoms with Crippen LogP contribution in [0.15, 0.2) is 30.3 Å².